The minimum atomic E-state index is -1.78. The third-order valence-electron chi connectivity index (χ3n) is 3.83. The molecule has 0 aromatic carbocycles. The number of aliphatic hydroxyl groups excluding tert-OH is 1. The smallest absolute Gasteiger partial charge is 0.192 e. The fourth-order valence-corrected chi connectivity index (χ4v) is 2.26. The van der Waals surface area contributed by atoms with Crippen LogP contribution in [0.2, 0.25) is 18.1 Å². The van der Waals surface area contributed by atoms with Gasteiger partial charge >= 0.3 is 0 Å². The van der Waals surface area contributed by atoms with Crippen molar-refractivity contribution in [3.8, 4) is 0 Å². The Morgan fingerprint density at radius 1 is 1.24 bits per heavy atom. The van der Waals surface area contributed by atoms with Gasteiger partial charge in [-0.25, -0.2) is 0 Å². The van der Waals surface area contributed by atoms with Crippen LogP contribution in [0.15, 0.2) is 0 Å². The Bertz CT molecular complexity index is 254. The Hall–Kier alpha value is -0.193. The van der Waals surface area contributed by atoms with Crippen molar-refractivity contribution in [1.29, 1.82) is 0 Å². The molecule has 17 heavy (non-hydrogen) atoms. The zero-order valence-electron chi connectivity index (χ0n) is 12.3. The van der Waals surface area contributed by atoms with Gasteiger partial charge in [-0.05, 0) is 18.1 Å². The molecule has 0 saturated heterocycles. The first-order valence-electron chi connectivity index (χ1n) is 6.20. The Kier molecular flexibility index (Phi) is 5.57. The second-order valence-corrected chi connectivity index (χ2v) is 11.8. The van der Waals surface area contributed by atoms with Gasteiger partial charge in [0, 0.05) is 18.4 Å². The Morgan fingerprint density at radius 2 is 1.71 bits per heavy atom. The standard InChI is InChI=1S/C13H28O3Si/c1-12(2,3)17(6,7)16-10-13(4,5)11(15)8-9-14/h9,11,15H,8,10H2,1-7H3. The lowest BCUT2D eigenvalue weighted by Gasteiger charge is -2.40. The molecule has 0 spiro atoms. The van der Waals surface area contributed by atoms with E-state index >= 15 is 0 Å². The van der Waals surface area contributed by atoms with Crippen molar-refractivity contribution in [2.75, 3.05) is 6.61 Å². The van der Waals surface area contributed by atoms with Crippen molar-refractivity contribution in [2.45, 2.75) is 65.3 Å². The van der Waals surface area contributed by atoms with Gasteiger partial charge in [0.25, 0.3) is 0 Å². The number of aldehydes is 1. The van der Waals surface area contributed by atoms with Crippen LogP contribution in [-0.2, 0) is 9.22 Å². The van der Waals surface area contributed by atoms with Crippen molar-refractivity contribution in [1.82, 2.24) is 0 Å². The molecule has 0 radical (unpaired) electrons. The predicted octanol–water partition coefficient (Wildman–Crippen LogP) is 2.98. The molecule has 0 aromatic rings. The highest BCUT2D eigenvalue weighted by Gasteiger charge is 2.39. The van der Waals surface area contributed by atoms with E-state index in [1.54, 1.807) is 0 Å². The molecule has 3 nitrogen and oxygen atoms in total. The maximum absolute atomic E-state index is 10.4. The zero-order chi connectivity index (χ0) is 13.9. The fraction of sp³-hybridized carbons (Fsp3) is 0.923. The van der Waals surface area contributed by atoms with Crippen LogP contribution < -0.4 is 0 Å². The summed E-state index contributed by atoms with van der Waals surface area (Å²) >= 11 is 0. The quantitative estimate of drug-likeness (QED) is 0.590. The van der Waals surface area contributed by atoms with Gasteiger partial charge in [0.1, 0.15) is 6.29 Å². The number of carbonyl (C=O) groups excluding carboxylic acids is 1. The summed E-state index contributed by atoms with van der Waals surface area (Å²) in [6.07, 6.45) is 0.303. The van der Waals surface area contributed by atoms with Crippen LogP contribution in [0.4, 0.5) is 0 Å². The topological polar surface area (TPSA) is 46.5 Å². The molecular formula is C13H28O3Si. The molecule has 0 aliphatic rings. The van der Waals surface area contributed by atoms with Gasteiger partial charge in [-0.3, -0.25) is 0 Å². The monoisotopic (exact) mass is 260 g/mol. The first-order chi connectivity index (χ1) is 7.44. The van der Waals surface area contributed by atoms with Crippen molar-refractivity contribution in [3.05, 3.63) is 0 Å². The van der Waals surface area contributed by atoms with Gasteiger partial charge < -0.3 is 14.3 Å². The molecular weight excluding hydrogens is 232 g/mol. The minimum absolute atomic E-state index is 0.165. The summed E-state index contributed by atoms with van der Waals surface area (Å²) in [5.41, 5.74) is -0.379. The van der Waals surface area contributed by atoms with Crippen LogP contribution in [0.1, 0.15) is 41.0 Å². The van der Waals surface area contributed by atoms with E-state index in [0.717, 1.165) is 6.29 Å². The molecule has 0 amide bonds. The van der Waals surface area contributed by atoms with Crippen molar-refractivity contribution < 1.29 is 14.3 Å². The van der Waals surface area contributed by atoms with E-state index in [1.165, 1.54) is 0 Å². The van der Waals surface area contributed by atoms with Crippen LogP contribution in [-0.4, -0.2) is 32.4 Å². The van der Waals surface area contributed by atoms with Crippen LogP contribution in [0.25, 0.3) is 0 Å². The van der Waals surface area contributed by atoms with E-state index in [9.17, 15) is 9.90 Å². The van der Waals surface area contributed by atoms with Crippen molar-refractivity contribution >= 4 is 14.6 Å². The summed E-state index contributed by atoms with van der Waals surface area (Å²) in [5, 5.41) is 10.0. The molecule has 0 bridgehead atoms. The number of hydrogen-bond donors (Lipinski definition) is 1. The van der Waals surface area contributed by atoms with Gasteiger partial charge in [-0.1, -0.05) is 34.6 Å². The molecule has 0 aliphatic carbocycles. The molecule has 0 heterocycles. The van der Waals surface area contributed by atoms with Gasteiger partial charge in [-0.15, -0.1) is 0 Å². The second kappa shape index (κ2) is 5.63. The molecule has 1 unspecified atom stereocenters. The second-order valence-electron chi connectivity index (χ2n) is 6.96. The first kappa shape index (κ1) is 16.8. The lowest BCUT2D eigenvalue weighted by molar-refractivity contribution is -0.111. The fourth-order valence-electron chi connectivity index (χ4n) is 1.09. The Labute approximate surface area is 107 Å². The number of rotatable bonds is 6. The van der Waals surface area contributed by atoms with Crippen LogP contribution in [0.3, 0.4) is 0 Å². The average molecular weight is 260 g/mol. The highest BCUT2D eigenvalue weighted by atomic mass is 28.4. The van der Waals surface area contributed by atoms with E-state index in [2.05, 4.69) is 33.9 Å². The van der Waals surface area contributed by atoms with Gasteiger partial charge in [-0.2, -0.15) is 0 Å². The first-order valence-corrected chi connectivity index (χ1v) is 9.10. The summed E-state index contributed by atoms with van der Waals surface area (Å²) in [4.78, 5) is 10.4. The van der Waals surface area contributed by atoms with Crippen LogP contribution in [0.5, 0.6) is 0 Å². The van der Waals surface area contributed by atoms with E-state index in [-0.39, 0.29) is 16.9 Å². The summed E-state index contributed by atoms with van der Waals surface area (Å²) in [6, 6.07) is 0. The highest BCUT2D eigenvalue weighted by Crippen LogP contribution is 2.38. The normalized spacial score (nSPS) is 15.8. The van der Waals surface area contributed by atoms with Gasteiger partial charge in [0.2, 0.25) is 0 Å². The zero-order valence-corrected chi connectivity index (χ0v) is 13.3. The number of aliphatic hydroxyl groups is 1. The third-order valence-corrected chi connectivity index (χ3v) is 8.31. The highest BCUT2D eigenvalue weighted by molar-refractivity contribution is 6.74. The predicted molar refractivity (Wildman–Crippen MR) is 73.6 cm³/mol. The molecule has 0 rings (SSSR count). The summed E-state index contributed by atoms with van der Waals surface area (Å²) < 4.78 is 6.09. The SMILES string of the molecule is CC(C)(CO[Si](C)(C)C(C)(C)C)C(O)CC=O. The number of hydrogen-bond acceptors (Lipinski definition) is 3. The van der Waals surface area contributed by atoms with Crippen molar-refractivity contribution in [3.63, 3.8) is 0 Å². The van der Waals surface area contributed by atoms with Crippen LogP contribution in [0, 0.1) is 5.41 Å². The molecule has 1 atom stereocenters. The lowest BCUT2D eigenvalue weighted by atomic mass is 9.86. The molecule has 102 valence electrons. The minimum Gasteiger partial charge on any atom is -0.416 e. The maximum atomic E-state index is 10.4. The van der Waals surface area contributed by atoms with E-state index in [0.29, 0.717) is 6.61 Å². The molecule has 0 fully saturated rings. The lowest BCUT2D eigenvalue weighted by Crippen LogP contribution is -2.45. The largest absolute Gasteiger partial charge is 0.416 e. The maximum Gasteiger partial charge on any atom is 0.192 e. The van der Waals surface area contributed by atoms with E-state index < -0.39 is 14.4 Å². The van der Waals surface area contributed by atoms with E-state index in [1.807, 2.05) is 13.8 Å². The summed E-state index contributed by atoms with van der Waals surface area (Å²) in [7, 11) is -1.78. The van der Waals surface area contributed by atoms with Crippen molar-refractivity contribution in [2.24, 2.45) is 5.41 Å². The Balaban J connectivity index is 4.50. The molecule has 4 heteroatoms. The summed E-state index contributed by atoms with van der Waals surface area (Å²) in [5.74, 6) is 0. The number of carbonyl (C=O) groups is 1. The molecule has 0 saturated carbocycles. The van der Waals surface area contributed by atoms with E-state index in [4.69, 9.17) is 4.43 Å². The summed E-state index contributed by atoms with van der Waals surface area (Å²) in [6.45, 7) is 15.3. The molecule has 0 aromatic heterocycles. The average Bonchev–Trinajstić information content (AvgIpc) is 2.14. The van der Waals surface area contributed by atoms with Gasteiger partial charge in [0.05, 0.1) is 6.10 Å². The molecule has 1 N–H and O–H groups in total. The van der Waals surface area contributed by atoms with Gasteiger partial charge in [0.15, 0.2) is 8.32 Å². The van der Waals surface area contributed by atoms with Crippen LogP contribution >= 0.6 is 0 Å². The third kappa shape index (κ3) is 4.90. The Morgan fingerprint density at radius 3 is 2.06 bits per heavy atom. The molecule has 0 aliphatic heterocycles.